The Morgan fingerprint density at radius 2 is 0.806 bits per heavy atom. The van der Waals surface area contributed by atoms with Gasteiger partial charge in [-0.25, -0.2) is 0 Å². The summed E-state index contributed by atoms with van der Waals surface area (Å²) < 4.78 is 5.93. The van der Waals surface area contributed by atoms with Gasteiger partial charge in [-0.1, -0.05) is 241 Å². The van der Waals surface area contributed by atoms with Crippen LogP contribution in [0.5, 0.6) is 0 Å². The van der Waals surface area contributed by atoms with Gasteiger partial charge in [0.05, 0.1) is 25.2 Å². The van der Waals surface area contributed by atoms with Crippen LogP contribution in [0.3, 0.4) is 0 Å². The molecule has 0 heterocycles. The van der Waals surface area contributed by atoms with Gasteiger partial charge in [-0.15, -0.1) is 0 Å². The second-order valence-corrected chi connectivity index (χ2v) is 19.0. The highest BCUT2D eigenvalue weighted by atomic mass is 16.5. The summed E-state index contributed by atoms with van der Waals surface area (Å²) in [7, 11) is 0. The first-order valence-corrected chi connectivity index (χ1v) is 28.3. The standard InChI is InChI=1S/C61H107NO5/c1-4-7-10-13-16-19-22-25-28-30-32-34-37-40-43-46-49-52-57(67-61(66)54-51-48-45-42-39-36-33-31-29-26-23-20-17-14-11-8-5-2)55-60(65)62-58(56-63)59(64)53-50-47-44-41-38-35-27-24-21-18-15-12-9-6-3/h8,11,16-17,19-20,25-26,28-29,33,36,42,45,57-59,63-64H,4-7,9-10,12-15,18,21-24,27,30-32,34-35,37-41,43-44,46-56H2,1-3H3,(H,62,65)/b11-8-,19-16-,20-17-,28-25-,29-26-,36-33-,45-42-. The lowest BCUT2D eigenvalue weighted by Gasteiger charge is -2.24. The van der Waals surface area contributed by atoms with Gasteiger partial charge in [0, 0.05) is 6.42 Å². The van der Waals surface area contributed by atoms with E-state index in [4.69, 9.17) is 4.74 Å². The zero-order valence-corrected chi connectivity index (χ0v) is 44.0. The fourth-order valence-corrected chi connectivity index (χ4v) is 8.20. The van der Waals surface area contributed by atoms with Gasteiger partial charge < -0.3 is 20.3 Å². The van der Waals surface area contributed by atoms with Crippen molar-refractivity contribution < 1.29 is 24.5 Å². The molecule has 0 aromatic carbocycles. The highest BCUT2D eigenvalue weighted by Crippen LogP contribution is 2.18. The molecule has 0 saturated carbocycles. The van der Waals surface area contributed by atoms with Crippen molar-refractivity contribution in [2.75, 3.05) is 6.61 Å². The van der Waals surface area contributed by atoms with E-state index in [2.05, 4.69) is 111 Å². The van der Waals surface area contributed by atoms with E-state index < -0.39 is 18.2 Å². The second kappa shape index (κ2) is 54.0. The van der Waals surface area contributed by atoms with Gasteiger partial charge in [-0.2, -0.15) is 0 Å². The molecule has 3 atom stereocenters. The number of nitrogens with one attached hydrogen (secondary N) is 1. The Kier molecular flexibility index (Phi) is 51.6. The van der Waals surface area contributed by atoms with Crippen molar-refractivity contribution >= 4 is 11.9 Å². The maximum atomic E-state index is 13.3. The maximum absolute atomic E-state index is 13.3. The van der Waals surface area contributed by atoms with Crippen LogP contribution in [0.1, 0.15) is 265 Å². The summed E-state index contributed by atoms with van der Waals surface area (Å²) in [5.74, 6) is -0.550. The molecule has 6 heteroatoms. The van der Waals surface area contributed by atoms with Crippen LogP contribution in [0.4, 0.5) is 0 Å². The lowest BCUT2D eigenvalue weighted by molar-refractivity contribution is -0.151. The summed E-state index contributed by atoms with van der Waals surface area (Å²) >= 11 is 0. The second-order valence-electron chi connectivity index (χ2n) is 19.0. The highest BCUT2D eigenvalue weighted by Gasteiger charge is 2.24. The number of ether oxygens (including phenoxy) is 1. The SMILES string of the molecule is CC/C=C\C/C=C\C/C=C\C/C=C\C/C=C\CCCC(=O)OC(CCCCCCCCC/C=C\C/C=C\CCCCC)CC(=O)NC(CO)C(O)CCCCCCCCCCCCCCCC. The van der Waals surface area contributed by atoms with Crippen LogP contribution in [0.2, 0.25) is 0 Å². The van der Waals surface area contributed by atoms with E-state index >= 15 is 0 Å². The first kappa shape index (κ1) is 64.0. The molecule has 0 bridgehead atoms. The Bertz CT molecular complexity index is 1280. The van der Waals surface area contributed by atoms with Gasteiger partial charge in [0.2, 0.25) is 5.91 Å². The van der Waals surface area contributed by atoms with Crippen molar-refractivity contribution in [3.63, 3.8) is 0 Å². The number of aliphatic hydroxyl groups is 2. The first-order valence-electron chi connectivity index (χ1n) is 28.3. The number of carbonyl (C=O) groups excluding carboxylic acids is 2. The third kappa shape index (κ3) is 49.3. The molecule has 0 aromatic rings. The largest absolute Gasteiger partial charge is 0.462 e. The number of hydrogen-bond acceptors (Lipinski definition) is 5. The summed E-state index contributed by atoms with van der Waals surface area (Å²) in [5.41, 5.74) is 0. The lowest BCUT2D eigenvalue weighted by atomic mass is 10.0. The van der Waals surface area contributed by atoms with Crippen molar-refractivity contribution in [2.24, 2.45) is 0 Å². The molecule has 3 N–H and O–H groups in total. The van der Waals surface area contributed by atoms with Crippen molar-refractivity contribution in [3.05, 3.63) is 85.1 Å². The quantitative estimate of drug-likeness (QED) is 0.0321. The molecule has 386 valence electrons. The zero-order chi connectivity index (χ0) is 48.8. The summed E-state index contributed by atoms with van der Waals surface area (Å²) in [5, 5.41) is 23.9. The van der Waals surface area contributed by atoms with Gasteiger partial charge >= 0.3 is 5.97 Å². The number of allylic oxidation sites excluding steroid dienone is 14. The van der Waals surface area contributed by atoms with E-state index in [0.717, 1.165) is 89.9 Å². The Morgan fingerprint density at radius 3 is 1.25 bits per heavy atom. The number of aliphatic hydroxyl groups excluding tert-OH is 2. The third-order valence-electron chi connectivity index (χ3n) is 12.5. The molecule has 0 saturated heterocycles. The Balaban J connectivity index is 4.69. The fourth-order valence-electron chi connectivity index (χ4n) is 8.20. The van der Waals surface area contributed by atoms with Gasteiger partial charge in [0.1, 0.15) is 6.10 Å². The van der Waals surface area contributed by atoms with Gasteiger partial charge in [0.25, 0.3) is 0 Å². The molecular formula is C61H107NO5. The number of rotatable bonds is 50. The minimum atomic E-state index is -0.804. The van der Waals surface area contributed by atoms with E-state index in [-0.39, 0.29) is 24.9 Å². The molecular weight excluding hydrogens is 827 g/mol. The van der Waals surface area contributed by atoms with Crippen LogP contribution in [-0.2, 0) is 14.3 Å². The molecule has 67 heavy (non-hydrogen) atoms. The molecule has 0 rings (SSSR count). The topological polar surface area (TPSA) is 95.9 Å². The smallest absolute Gasteiger partial charge is 0.306 e. The normalized spacial score (nSPS) is 13.8. The van der Waals surface area contributed by atoms with E-state index in [1.807, 2.05) is 0 Å². The molecule has 6 nitrogen and oxygen atoms in total. The van der Waals surface area contributed by atoms with E-state index in [1.54, 1.807) is 0 Å². The molecule has 0 radical (unpaired) electrons. The van der Waals surface area contributed by atoms with Crippen molar-refractivity contribution in [1.29, 1.82) is 0 Å². The van der Waals surface area contributed by atoms with Crippen molar-refractivity contribution in [2.45, 2.75) is 283 Å². The number of amides is 1. The van der Waals surface area contributed by atoms with Gasteiger partial charge in [-0.3, -0.25) is 9.59 Å². The van der Waals surface area contributed by atoms with Crippen LogP contribution in [-0.4, -0.2) is 46.9 Å². The lowest BCUT2D eigenvalue weighted by Crippen LogP contribution is -2.46. The average Bonchev–Trinajstić information content (AvgIpc) is 3.32. The highest BCUT2D eigenvalue weighted by molar-refractivity contribution is 5.77. The average molecular weight is 935 g/mol. The molecule has 0 aliphatic rings. The molecule has 1 amide bonds. The van der Waals surface area contributed by atoms with Crippen LogP contribution in [0, 0.1) is 0 Å². The Hall–Kier alpha value is -2.96. The summed E-state index contributed by atoms with van der Waals surface area (Å²) in [6.07, 6.45) is 70.7. The Labute approximate surface area is 414 Å². The summed E-state index contributed by atoms with van der Waals surface area (Å²) in [6.45, 7) is 6.34. The predicted octanol–water partition coefficient (Wildman–Crippen LogP) is 17.5. The molecule has 0 aliphatic carbocycles. The van der Waals surface area contributed by atoms with E-state index in [9.17, 15) is 19.8 Å². The maximum Gasteiger partial charge on any atom is 0.306 e. The molecule has 0 spiro atoms. The summed E-state index contributed by atoms with van der Waals surface area (Å²) in [6, 6.07) is -0.720. The van der Waals surface area contributed by atoms with Gasteiger partial charge in [-0.05, 0) is 96.3 Å². The monoisotopic (exact) mass is 934 g/mol. The van der Waals surface area contributed by atoms with Crippen LogP contribution >= 0.6 is 0 Å². The number of esters is 1. The molecule has 0 aliphatic heterocycles. The van der Waals surface area contributed by atoms with Gasteiger partial charge in [0.15, 0.2) is 0 Å². The summed E-state index contributed by atoms with van der Waals surface area (Å²) in [4.78, 5) is 26.2. The number of hydrogen-bond donors (Lipinski definition) is 3. The third-order valence-corrected chi connectivity index (χ3v) is 12.5. The van der Waals surface area contributed by atoms with Crippen LogP contribution in [0.15, 0.2) is 85.1 Å². The van der Waals surface area contributed by atoms with Crippen LogP contribution < -0.4 is 5.32 Å². The minimum absolute atomic E-state index is 0.0464. The first-order chi connectivity index (χ1) is 33.0. The van der Waals surface area contributed by atoms with Crippen molar-refractivity contribution in [3.8, 4) is 0 Å². The molecule has 0 fully saturated rings. The molecule has 0 aromatic heterocycles. The fraction of sp³-hybridized carbons (Fsp3) is 0.738. The van der Waals surface area contributed by atoms with E-state index in [0.29, 0.717) is 25.7 Å². The number of carbonyl (C=O) groups is 2. The predicted molar refractivity (Wildman–Crippen MR) is 291 cm³/mol. The minimum Gasteiger partial charge on any atom is -0.462 e. The molecule has 3 unspecified atom stereocenters. The van der Waals surface area contributed by atoms with E-state index in [1.165, 1.54) is 122 Å². The number of unbranched alkanes of at least 4 members (excludes halogenated alkanes) is 24. The Morgan fingerprint density at radius 1 is 0.448 bits per heavy atom. The zero-order valence-electron chi connectivity index (χ0n) is 44.0. The van der Waals surface area contributed by atoms with Crippen LogP contribution in [0.25, 0.3) is 0 Å². The van der Waals surface area contributed by atoms with Crippen molar-refractivity contribution in [1.82, 2.24) is 5.32 Å².